The van der Waals surface area contributed by atoms with Crippen LogP contribution in [0.25, 0.3) is 10.9 Å². The smallest absolute Gasteiger partial charge is 0.0643 e. The standard InChI is InChI=1S/C11H14N2/c1-3-8(2)10-6-12-7-11-9(10)4-5-13-11/h4-8,13H,3H2,1-2H3. The van der Waals surface area contributed by atoms with Crippen LogP contribution in [0.1, 0.15) is 31.7 Å². The van der Waals surface area contributed by atoms with E-state index in [1.165, 1.54) is 10.9 Å². The molecule has 1 unspecified atom stereocenters. The Morgan fingerprint density at radius 2 is 2.31 bits per heavy atom. The largest absolute Gasteiger partial charge is 0.360 e. The summed E-state index contributed by atoms with van der Waals surface area (Å²) in [5.74, 6) is 0.590. The third-order valence-corrected chi connectivity index (χ3v) is 2.65. The Hall–Kier alpha value is -1.31. The van der Waals surface area contributed by atoms with E-state index >= 15 is 0 Å². The highest BCUT2D eigenvalue weighted by Gasteiger charge is 2.07. The quantitative estimate of drug-likeness (QED) is 0.744. The van der Waals surface area contributed by atoms with E-state index in [1.807, 2.05) is 18.6 Å². The molecular formula is C11H14N2. The Kier molecular flexibility index (Phi) is 2.05. The van der Waals surface area contributed by atoms with Crippen LogP contribution in [0.2, 0.25) is 0 Å². The Bertz CT molecular complexity index is 403. The van der Waals surface area contributed by atoms with Gasteiger partial charge in [-0.05, 0) is 24.0 Å². The molecule has 13 heavy (non-hydrogen) atoms. The number of rotatable bonds is 2. The van der Waals surface area contributed by atoms with E-state index in [0.29, 0.717) is 5.92 Å². The molecule has 1 N–H and O–H groups in total. The molecule has 2 nitrogen and oxygen atoms in total. The van der Waals surface area contributed by atoms with Crippen LogP contribution in [0, 0.1) is 0 Å². The van der Waals surface area contributed by atoms with Gasteiger partial charge in [0.15, 0.2) is 0 Å². The molecule has 2 rings (SSSR count). The van der Waals surface area contributed by atoms with Crippen molar-refractivity contribution in [2.24, 2.45) is 0 Å². The van der Waals surface area contributed by atoms with E-state index in [-0.39, 0.29) is 0 Å². The predicted octanol–water partition coefficient (Wildman–Crippen LogP) is 3.08. The van der Waals surface area contributed by atoms with Gasteiger partial charge in [0.25, 0.3) is 0 Å². The second-order valence-electron chi connectivity index (χ2n) is 3.48. The lowest BCUT2D eigenvalue weighted by Crippen LogP contribution is -1.92. The number of hydrogen-bond donors (Lipinski definition) is 1. The molecule has 2 heterocycles. The molecule has 68 valence electrons. The minimum atomic E-state index is 0.590. The average Bonchev–Trinajstić information content (AvgIpc) is 2.63. The number of nitrogens with one attached hydrogen (secondary N) is 1. The van der Waals surface area contributed by atoms with Crippen molar-refractivity contribution in [2.75, 3.05) is 0 Å². The lowest BCUT2D eigenvalue weighted by Gasteiger charge is -2.08. The molecule has 0 fully saturated rings. The molecule has 0 bridgehead atoms. The molecule has 0 amide bonds. The molecule has 0 aromatic carbocycles. The van der Waals surface area contributed by atoms with Crippen molar-refractivity contribution in [1.82, 2.24) is 9.97 Å². The monoisotopic (exact) mass is 174 g/mol. The summed E-state index contributed by atoms with van der Waals surface area (Å²) in [5, 5.41) is 1.31. The maximum atomic E-state index is 4.22. The molecule has 1 atom stereocenters. The number of fused-ring (bicyclic) bond motifs is 1. The van der Waals surface area contributed by atoms with Crippen LogP contribution in [-0.2, 0) is 0 Å². The van der Waals surface area contributed by atoms with Crippen LogP contribution in [0.5, 0.6) is 0 Å². The van der Waals surface area contributed by atoms with Crippen molar-refractivity contribution in [3.63, 3.8) is 0 Å². The number of pyridine rings is 1. The molecule has 2 heteroatoms. The third kappa shape index (κ3) is 1.32. The molecular weight excluding hydrogens is 160 g/mol. The zero-order valence-corrected chi connectivity index (χ0v) is 8.04. The normalized spacial score (nSPS) is 13.4. The molecule has 0 saturated carbocycles. The van der Waals surface area contributed by atoms with Crippen molar-refractivity contribution in [3.8, 4) is 0 Å². The van der Waals surface area contributed by atoms with Gasteiger partial charge < -0.3 is 4.98 Å². The predicted molar refractivity (Wildman–Crippen MR) is 54.8 cm³/mol. The van der Waals surface area contributed by atoms with Crippen molar-refractivity contribution < 1.29 is 0 Å². The molecule has 0 saturated heterocycles. The Labute approximate surface area is 78.0 Å². The molecule has 0 radical (unpaired) electrons. The number of aromatic nitrogens is 2. The van der Waals surface area contributed by atoms with Crippen LogP contribution in [0.15, 0.2) is 24.7 Å². The van der Waals surface area contributed by atoms with Crippen molar-refractivity contribution in [1.29, 1.82) is 0 Å². The lowest BCUT2D eigenvalue weighted by molar-refractivity contribution is 0.736. The fourth-order valence-corrected chi connectivity index (χ4v) is 1.62. The first-order chi connectivity index (χ1) is 6.33. The SMILES string of the molecule is CCC(C)c1cncc2[nH]ccc12. The molecule has 0 aliphatic heterocycles. The number of nitrogens with zero attached hydrogens (tertiary/aromatic N) is 1. The Morgan fingerprint density at radius 3 is 3.08 bits per heavy atom. The number of H-pyrrole nitrogens is 1. The summed E-state index contributed by atoms with van der Waals surface area (Å²) in [6.07, 6.45) is 6.98. The zero-order valence-electron chi connectivity index (χ0n) is 8.04. The number of hydrogen-bond acceptors (Lipinski definition) is 1. The summed E-state index contributed by atoms with van der Waals surface area (Å²) in [5.41, 5.74) is 2.49. The van der Waals surface area contributed by atoms with Gasteiger partial charge in [-0.15, -0.1) is 0 Å². The minimum absolute atomic E-state index is 0.590. The summed E-state index contributed by atoms with van der Waals surface area (Å²) in [7, 11) is 0. The maximum absolute atomic E-state index is 4.22. The van der Waals surface area contributed by atoms with Crippen LogP contribution in [-0.4, -0.2) is 9.97 Å². The van der Waals surface area contributed by atoms with Gasteiger partial charge in [-0.2, -0.15) is 0 Å². The summed E-state index contributed by atoms with van der Waals surface area (Å²) in [4.78, 5) is 7.40. The summed E-state index contributed by atoms with van der Waals surface area (Å²) in [6, 6.07) is 2.12. The minimum Gasteiger partial charge on any atom is -0.360 e. The molecule has 2 aromatic rings. The van der Waals surface area contributed by atoms with Crippen LogP contribution < -0.4 is 0 Å². The van der Waals surface area contributed by atoms with Gasteiger partial charge in [-0.25, -0.2) is 0 Å². The molecule has 2 aromatic heterocycles. The molecule has 0 aliphatic carbocycles. The first-order valence-electron chi connectivity index (χ1n) is 4.74. The van der Waals surface area contributed by atoms with Gasteiger partial charge in [-0.3, -0.25) is 4.98 Å². The van der Waals surface area contributed by atoms with Crippen molar-refractivity contribution in [3.05, 3.63) is 30.2 Å². The van der Waals surface area contributed by atoms with Gasteiger partial charge >= 0.3 is 0 Å². The highest BCUT2D eigenvalue weighted by atomic mass is 14.7. The maximum Gasteiger partial charge on any atom is 0.0643 e. The molecule has 0 spiro atoms. The second kappa shape index (κ2) is 3.21. The van der Waals surface area contributed by atoms with Crippen molar-refractivity contribution in [2.45, 2.75) is 26.2 Å². The van der Waals surface area contributed by atoms with Crippen LogP contribution in [0.4, 0.5) is 0 Å². The van der Waals surface area contributed by atoms with Crippen LogP contribution >= 0.6 is 0 Å². The number of aromatic amines is 1. The van der Waals surface area contributed by atoms with Gasteiger partial charge in [0, 0.05) is 17.8 Å². The average molecular weight is 174 g/mol. The van der Waals surface area contributed by atoms with Crippen LogP contribution in [0.3, 0.4) is 0 Å². The summed E-state index contributed by atoms with van der Waals surface area (Å²) < 4.78 is 0. The Morgan fingerprint density at radius 1 is 1.46 bits per heavy atom. The van der Waals surface area contributed by atoms with Gasteiger partial charge in [0.05, 0.1) is 11.7 Å². The van der Waals surface area contributed by atoms with E-state index in [9.17, 15) is 0 Å². The first-order valence-corrected chi connectivity index (χ1v) is 4.74. The van der Waals surface area contributed by atoms with E-state index < -0.39 is 0 Å². The summed E-state index contributed by atoms with van der Waals surface area (Å²) >= 11 is 0. The lowest BCUT2D eigenvalue weighted by atomic mass is 9.98. The fourth-order valence-electron chi connectivity index (χ4n) is 1.62. The van der Waals surface area contributed by atoms with E-state index in [4.69, 9.17) is 0 Å². The van der Waals surface area contributed by atoms with E-state index in [1.54, 1.807) is 0 Å². The highest BCUT2D eigenvalue weighted by molar-refractivity contribution is 5.82. The topological polar surface area (TPSA) is 28.7 Å². The first kappa shape index (κ1) is 8.30. The van der Waals surface area contributed by atoms with Gasteiger partial charge in [0.2, 0.25) is 0 Å². The zero-order chi connectivity index (χ0) is 9.26. The van der Waals surface area contributed by atoms with Gasteiger partial charge in [0.1, 0.15) is 0 Å². The van der Waals surface area contributed by atoms with E-state index in [0.717, 1.165) is 11.9 Å². The van der Waals surface area contributed by atoms with E-state index in [2.05, 4.69) is 29.9 Å². The van der Waals surface area contributed by atoms with Crippen molar-refractivity contribution >= 4 is 10.9 Å². The Balaban J connectivity index is 2.60. The summed E-state index contributed by atoms with van der Waals surface area (Å²) in [6.45, 7) is 4.44. The molecule has 0 aliphatic rings. The third-order valence-electron chi connectivity index (χ3n) is 2.65. The van der Waals surface area contributed by atoms with Gasteiger partial charge in [-0.1, -0.05) is 13.8 Å². The highest BCUT2D eigenvalue weighted by Crippen LogP contribution is 2.25. The fraction of sp³-hybridized carbons (Fsp3) is 0.364. The second-order valence-corrected chi connectivity index (χ2v) is 3.48.